The Morgan fingerprint density at radius 1 is 0.318 bits per heavy atom. The molecule has 6 heteroatoms. The number of benzene rings is 6. The summed E-state index contributed by atoms with van der Waals surface area (Å²) in [6.07, 6.45) is 0. The van der Waals surface area contributed by atoms with Crippen molar-refractivity contribution in [3.05, 3.63) is 159 Å². The molecule has 2 heterocycles. The minimum absolute atomic E-state index is 0.676. The zero-order valence-corrected chi connectivity index (χ0v) is 25.3. The molecule has 0 bridgehead atoms. The van der Waals surface area contributed by atoms with Crippen LogP contribution >= 0.6 is 15.8 Å². The van der Waals surface area contributed by atoms with Gasteiger partial charge < -0.3 is 18.9 Å². The molecule has 8 rings (SSSR count). The largest absolute Gasteiger partial charge is 0.444 e. The minimum Gasteiger partial charge on any atom is -0.444 e. The fraction of sp³-hybridized carbons (Fsp3) is 0. The van der Waals surface area contributed by atoms with Gasteiger partial charge >= 0.3 is 13.6 Å². The van der Waals surface area contributed by atoms with Crippen LogP contribution in [-0.4, -0.2) is 0 Å². The predicted molar refractivity (Wildman–Crippen MR) is 180 cm³/mol. The molecule has 0 saturated carbocycles. The van der Waals surface area contributed by atoms with Gasteiger partial charge in [0.25, 0.3) is 0 Å². The third-order valence-corrected chi connectivity index (χ3v) is 12.6. The summed E-state index contributed by atoms with van der Waals surface area (Å²) in [4.78, 5) is 0. The molecular weight excluding hydrogens is 582 g/mol. The van der Waals surface area contributed by atoms with Crippen molar-refractivity contribution in [1.82, 2.24) is 0 Å². The van der Waals surface area contributed by atoms with Gasteiger partial charge in [0.2, 0.25) is 0 Å². The molecule has 44 heavy (non-hydrogen) atoms. The Bertz CT molecular complexity index is 1690. The Morgan fingerprint density at radius 3 is 0.955 bits per heavy atom. The molecule has 0 N–H and O–H groups in total. The second-order valence-electron chi connectivity index (χ2n) is 10.3. The molecule has 2 aliphatic rings. The molecule has 0 unspecified atom stereocenters. The van der Waals surface area contributed by atoms with Gasteiger partial charge in [-0.3, -0.25) is 0 Å². The van der Waals surface area contributed by atoms with Crippen molar-refractivity contribution in [1.29, 1.82) is 0 Å². The Balaban J connectivity index is 1.46. The highest BCUT2D eigenvalue weighted by molar-refractivity contribution is 7.80. The van der Waals surface area contributed by atoms with Crippen molar-refractivity contribution >= 4 is 47.7 Å². The van der Waals surface area contributed by atoms with E-state index in [2.05, 4.69) is 133 Å². The van der Waals surface area contributed by atoms with E-state index < -0.39 is 15.8 Å². The van der Waals surface area contributed by atoms with Crippen molar-refractivity contribution < 1.29 is 18.9 Å². The molecule has 0 amide bonds. The summed E-state index contributed by atoms with van der Waals surface area (Å²) >= 11 is 0. The number of rotatable bonds is 7. The second kappa shape index (κ2) is 11.8. The molecule has 6 aromatic carbocycles. The van der Waals surface area contributed by atoms with Gasteiger partial charge in [-0.25, -0.2) is 0 Å². The number of hydrogen-bond donors (Lipinski definition) is 0. The third kappa shape index (κ3) is 4.81. The van der Waals surface area contributed by atoms with Gasteiger partial charge in [-0.05, 0) is 71.9 Å². The lowest BCUT2D eigenvalue weighted by molar-refractivity contribution is 0.269. The van der Waals surface area contributed by atoms with E-state index in [4.69, 9.17) is 18.9 Å². The maximum absolute atomic E-state index is 6.22. The van der Waals surface area contributed by atoms with Crippen LogP contribution in [0.25, 0.3) is 11.1 Å². The van der Waals surface area contributed by atoms with E-state index in [0.717, 1.165) is 21.7 Å². The molecule has 2 radical (unpaired) electrons. The lowest BCUT2D eigenvalue weighted by Crippen LogP contribution is -2.26. The summed E-state index contributed by atoms with van der Waals surface area (Å²) < 4.78 is 24.2. The molecular formula is C38H26O4P2. The van der Waals surface area contributed by atoms with Crippen LogP contribution < -0.4 is 50.8 Å². The zero-order valence-electron chi connectivity index (χ0n) is 23.5. The van der Waals surface area contributed by atoms with Gasteiger partial charge in [0.05, 0.1) is 0 Å². The first-order chi connectivity index (χ1) is 21.9. The molecule has 0 fully saturated rings. The van der Waals surface area contributed by atoms with E-state index in [9.17, 15) is 0 Å². The van der Waals surface area contributed by atoms with Crippen molar-refractivity contribution in [2.75, 3.05) is 0 Å². The fourth-order valence-electron chi connectivity index (χ4n) is 5.79. The van der Waals surface area contributed by atoms with Gasteiger partial charge in [-0.15, -0.1) is 0 Å². The van der Waals surface area contributed by atoms with Crippen molar-refractivity contribution in [2.24, 2.45) is 0 Å². The lowest BCUT2D eigenvalue weighted by Gasteiger charge is -2.27. The zero-order chi connectivity index (χ0) is 29.3. The van der Waals surface area contributed by atoms with E-state index in [1.165, 1.54) is 34.8 Å². The Labute approximate surface area is 259 Å². The molecule has 4 nitrogen and oxygen atoms in total. The van der Waals surface area contributed by atoms with Gasteiger partial charge in [0, 0.05) is 11.1 Å². The number of hydrogen-bond acceptors (Lipinski definition) is 4. The van der Waals surface area contributed by atoms with Crippen LogP contribution in [0, 0.1) is 13.6 Å². The van der Waals surface area contributed by atoms with Gasteiger partial charge in [-0.2, -0.15) is 0 Å². The molecule has 6 aromatic rings. The molecule has 0 spiro atoms. The maximum atomic E-state index is 6.22. The summed E-state index contributed by atoms with van der Waals surface area (Å²) in [5.74, 6) is 2.72. The van der Waals surface area contributed by atoms with Crippen LogP contribution in [0.5, 0.6) is 23.0 Å². The number of fused-ring (bicyclic) bond motifs is 2. The highest BCUT2D eigenvalue weighted by atomic mass is 31.1. The summed E-state index contributed by atoms with van der Waals surface area (Å²) in [6, 6.07) is 51.2. The van der Waals surface area contributed by atoms with Gasteiger partial charge in [0.15, 0.2) is 23.0 Å². The lowest BCUT2D eigenvalue weighted by atomic mass is 10.0. The second-order valence-corrected chi connectivity index (χ2v) is 14.6. The first kappa shape index (κ1) is 27.0. The summed E-state index contributed by atoms with van der Waals surface area (Å²) in [7, 11) is -1.99. The van der Waals surface area contributed by atoms with Gasteiger partial charge in [0.1, 0.15) is 0 Å². The van der Waals surface area contributed by atoms with Crippen LogP contribution in [0.3, 0.4) is 0 Å². The summed E-state index contributed by atoms with van der Waals surface area (Å²) in [6.45, 7) is 2.82. The molecule has 0 atom stereocenters. The molecule has 2 aliphatic heterocycles. The van der Waals surface area contributed by atoms with Crippen LogP contribution in [0.4, 0.5) is 0 Å². The van der Waals surface area contributed by atoms with E-state index >= 15 is 0 Å². The summed E-state index contributed by atoms with van der Waals surface area (Å²) in [5, 5.41) is 7.26. The molecule has 0 aromatic heterocycles. The van der Waals surface area contributed by atoms with Crippen LogP contribution in [-0.2, 0) is 0 Å². The average Bonchev–Trinajstić information content (AvgIpc) is 3.77. The summed E-state index contributed by atoms with van der Waals surface area (Å²) in [5.41, 5.74) is 1.92. The first-order valence-corrected chi connectivity index (χ1v) is 17.0. The smallest absolute Gasteiger partial charge is 0.316 e. The minimum atomic E-state index is -0.993. The maximum Gasteiger partial charge on any atom is 0.316 e. The topological polar surface area (TPSA) is 36.9 Å². The Morgan fingerprint density at radius 2 is 0.636 bits per heavy atom. The van der Waals surface area contributed by atoms with Crippen molar-refractivity contribution in [3.8, 4) is 34.1 Å². The highest BCUT2D eigenvalue weighted by Gasteiger charge is 2.35. The molecule has 0 aliphatic carbocycles. The van der Waals surface area contributed by atoms with Crippen LogP contribution in [0.15, 0.2) is 146 Å². The predicted octanol–water partition coefficient (Wildman–Crippen LogP) is 6.65. The van der Waals surface area contributed by atoms with E-state index in [0.29, 0.717) is 23.0 Å². The van der Waals surface area contributed by atoms with Crippen LogP contribution in [0.2, 0.25) is 0 Å². The van der Waals surface area contributed by atoms with Crippen LogP contribution in [0.1, 0.15) is 0 Å². The quantitative estimate of drug-likeness (QED) is 0.190. The molecule has 212 valence electrons. The number of ether oxygens (including phenoxy) is 4. The van der Waals surface area contributed by atoms with E-state index in [1.54, 1.807) is 0 Å². The van der Waals surface area contributed by atoms with E-state index in [1.807, 2.05) is 12.1 Å². The standard InChI is InChI=1S/C38H26O4P2/c1-5-13-27(14-6-1)43(28-15-7-2-8-16-28)33-23-21-31-37(41-25-39-31)35(33)36-34(24-22-32-38(36)42-26-40-32)44(29-17-9-3-10-18-29)30-19-11-4-12-20-30/h1-26H. The third-order valence-electron chi connectivity index (χ3n) is 7.67. The van der Waals surface area contributed by atoms with Crippen molar-refractivity contribution in [2.45, 2.75) is 0 Å². The van der Waals surface area contributed by atoms with E-state index in [-0.39, 0.29) is 0 Å². The highest BCUT2D eigenvalue weighted by Crippen LogP contribution is 2.53. The average molecular weight is 609 g/mol. The fourth-order valence-corrected chi connectivity index (χ4v) is 10.7. The first-order valence-electron chi connectivity index (χ1n) is 14.3. The Hall–Kier alpha value is -4.62. The Kier molecular flexibility index (Phi) is 7.24. The molecule has 0 saturated heterocycles. The SMILES string of the molecule is [CH]1Oc2ccc(P(c3ccccc3)c3ccccc3)c(-c3c(P(c4ccccc4)c4ccccc4)ccc4c3O[CH]O4)c2O1. The van der Waals surface area contributed by atoms with Crippen molar-refractivity contribution in [3.63, 3.8) is 0 Å². The normalized spacial score (nSPS) is 13.0. The monoisotopic (exact) mass is 608 g/mol. The van der Waals surface area contributed by atoms with Gasteiger partial charge in [-0.1, -0.05) is 121 Å².